The fourth-order valence-corrected chi connectivity index (χ4v) is 4.06. The zero-order chi connectivity index (χ0) is 22.2. The Morgan fingerprint density at radius 1 is 0.871 bits per heavy atom. The van der Waals surface area contributed by atoms with E-state index in [-0.39, 0.29) is 13.2 Å². The third-order valence-corrected chi connectivity index (χ3v) is 6.06. The van der Waals surface area contributed by atoms with Crippen LogP contribution in [0.1, 0.15) is 30.4 Å². The van der Waals surface area contributed by atoms with Crippen LogP contribution in [0.5, 0.6) is 0 Å². The van der Waals surface area contributed by atoms with Crippen molar-refractivity contribution in [2.24, 2.45) is 0 Å². The number of β-amino-alcohol motifs (C(OH)–C–C–N with tert-alkyl or cyclic N) is 1. The maximum Gasteiger partial charge on any atom is 0.109 e. The minimum Gasteiger partial charge on any atom is -0.395 e. The molecule has 0 amide bonds. The van der Waals surface area contributed by atoms with Crippen LogP contribution in [0.3, 0.4) is 0 Å². The van der Waals surface area contributed by atoms with Gasteiger partial charge in [-0.25, -0.2) is 0 Å². The Kier molecular flexibility index (Phi) is 9.02. The van der Waals surface area contributed by atoms with E-state index in [1.165, 1.54) is 16.7 Å². The molecule has 4 N–H and O–H groups in total. The number of unbranched alkanes of at least 4 members (excludes halogenated alkanes) is 2. The highest BCUT2D eigenvalue weighted by atomic mass is 16.5. The Morgan fingerprint density at radius 3 is 2.16 bits per heavy atom. The number of aliphatic hydroxyl groups excluding tert-OH is 4. The number of rotatable bonds is 10. The molecule has 1 saturated heterocycles. The van der Waals surface area contributed by atoms with Gasteiger partial charge < -0.3 is 25.2 Å². The number of likely N-dealkylation sites (tertiary alicyclic amines) is 1. The second kappa shape index (κ2) is 11.7. The summed E-state index contributed by atoms with van der Waals surface area (Å²) >= 11 is 0. The van der Waals surface area contributed by atoms with Gasteiger partial charge in [0.2, 0.25) is 0 Å². The van der Waals surface area contributed by atoms with Crippen molar-refractivity contribution >= 4 is 0 Å². The van der Waals surface area contributed by atoms with Crippen LogP contribution in [0, 0.1) is 6.92 Å². The molecule has 1 aliphatic rings. The lowest BCUT2D eigenvalue weighted by Crippen LogP contribution is -2.62. The molecule has 3 rings (SSSR count). The standard InChI is InChI=1S/C25H35NO5/c1-18-5-9-20(10-6-18)21-11-7-19(8-12-21)17-31-14-4-2-3-13-26-15-23(28)25(30)24(29)22(26)16-27/h5-12,22-25,27-30H,2-4,13-17H2,1H3/t22-,23+,24-,25?/m1/s1. The van der Waals surface area contributed by atoms with E-state index >= 15 is 0 Å². The monoisotopic (exact) mass is 429 g/mol. The van der Waals surface area contributed by atoms with Gasteiger partial charge in [0.15, 0.2) is 0 Å². The summed E-state index contributed by atoms with van der Waals surface area (Å²) in [6, 6.07) is 16.4. The summed E-state index contributed by atoms with van der Waals surface area (Å²) in [6.07, 6.45) is -0.566. The number of nitrogens with zero attached hydrogens (tertiary/aromatic N) is 1. The normalized spacial score (nSPS) is 24.4. The van der Waals surface area contributed by atoms with E-state index in [9.17, 15) is 20.4 Å². The van der Waals surface area contributed by atoms with Crippen molar-refractivity contribution in [3.05, 3.63) is 59.7 Å². The van der Waals surface area contributed by atoms with Crippen LogP contribution in [-0.4, -0.2) is 76.0 Å². The summed E-state index contributed by atoms with van der Waals surface area (Å²) in [4.78, 5) is 1.86. The Balaban J connectivity index is 1.32. The number of ether oxygens (including phenoxy) is 1. The van der Waals surface area contributed by atoms with Crippen molar-refractivity contribution in [1.29, 1.82) is 0 Å². The van der Waals surface area contributed by atoms with Crippen LogP contribution >= 0.6 is 0 Å². The van der Waals surface area contributed by atoms with E-state index in [1.54, 1.807) is 0 Å². The van der Waals surface area contributed by atoms with Gasteiger partial charge in [-0.3, -0.25) is 4.90 Å². The van der Waals surface area contributed by atoms with Crippen LogP contribution in [0.2, 0.25) is 0 Å². The van der Waals surface area contributed by atoms with Gasteiger partial charge in [-0.2, -0.15) is 0 Å². The van der Waals surface area contributed by atoms with Crippen molar-refractivity contribution in [3.63, 3.8) is 0 Å². The highest BCUT2D eigenvalue weighted by Gasteiger charge is 2.40. The molecule has 31 heavy (non-hydrogen) atoms. The minimum atomic E-state index is -1.20. The van der Waals surface area contributed by atoms with Crippen LogP contribution < -0.4 is 0 Å². The third kappa shape index (κ3) is 6.59. The molecule has 6 nitrogen and oxygen atoms in total. The van der Waals surface area contributed by atoms with E-state index in [0.717, 1.165) is 24.8 Å². The molecule has 2 aromatic rings. The molecule has 2 aromatic carbocycles. The number of hydrogen-bond acceptors (Lipinski definition) is 6. The molecule has 4 atom stereocenters. The van der Waals surface area contributed by atoms with Crippen molar-refractivity contribution in [2.45, 2.75) is 57.1 Å². The van der Waals surface area contributed by atoms with Gasteiger partial charge in [0.25, 0.3) is 0 Å². The van der Waals surface area contributed by atoms with Gasteiger partial charge in [-0.1, -0.05) is 54.1 Å². The predicted octanol–water partition coefficient (Wildman–Crippen LogP) is 2.11. The number of aliphatic hydroxyl groups is 4. The molecule has 0 radical (unpaired) electrons. The average molecular weight is 430 g/mol. The summed E-state index contributed by atoms with van der Waals surface area (Å²) in [7, 11) is 0. The second-order valence-electron chi connectivity index (χ2n) is 8.47. The summed E-state index contributed by atoms with van der Waals surface area (Å²) in [5, 5.41) is 39.1. The quantitative estimate of drug-likeness (QED) is 0.432. The van der Waals surface area contributed by atoms with E-state index in [1.807, 2.05) is 4.90 Å². The molecule has 0 saturated carbocycles. The highest BCUT2D eigenvalue weighted by molar-refractivity contribution is 5.63. The topological polar surface area (TPSA) is 93.4 Å². The largest absolute Gasteiger partial charge is 0.395 e. The second-order valence-corrected chi connectivity index (χ2v) is 8.47. The zero-order valence-electron chi connectivity index (χ0n) is 18.2. The van der Waals surface area contributed by atoms with Gasteiger partial charge in [-0.15, -0.1) is 0 Å². The first-order chi connectivity index (χ1) is 15.0. The fraction of sp³-hybridized carbons (Fsp3) is 0.520. The van der Waals surface area contributed by atoms with E-state index in [0.29, 0.717) is 19.8 Å². The molecule has 1 heterocycles. The molecule has 1 unspecified atom stereocenters. The van der Waals surface area contributed by atoms with Crippen LogP contribution in [0.4, 0.5) is 0 Å². The van der Waals surface area contributed by atoms with Crippen LogP contribution in [-0.2, 0) is 11.3 Å². The first-order valence-corrected chi connectivity index (χ1v) is 11.1. The summed E-state index contributed by atoms with van der Waals surface area (Å²) in [5.41, 5.74) is 4.82. The van der Waals surface area contributed by atoms with Gasteiger partial charge in [0.1, 0.15) is 12.2 Å². The molecule has 0 aromatic heterocycles. The van der Waals surface area contributed by atoms with E-state index in [4.69, 9.17) is 4.74 Å². The molecule has 1 aliphatic heterocycles. The first kappa shape index (κ1) is 23.9. The van der Waals surface area contributed by atoms with E-state index < -0.39 is 24.4 Å². The average Bonchev–Trinajstić information content (AvgIpc) is 2.78. The number of benzene rings is 2. The SMILES string of the molecule is Cc1ccc(-c2ccc(COCCCCCN3C[C@H](O)C(O)[C@H](O)[C@H]3CO)cc2)cc1. The molecule has 6 heteroatoms. The first-order valence-electron chi connectivity index (χ1n) is 11.1. The third-order valence-electron chi connectivity index (χ3n) is 6.06. The molecular weight excluding hydrogens is 394 g/mol. The van der Waals surface area contributed by atoms with Gasteiger partial charge >= 0.3 is 0 Å². The summed E-state index contributed by atoms with van der Waals surface area (Å²) in [6.45, 7) is 4.03. The van der Waals surface area contributed by atoms with Crippen molar-refractivity contribution < 1.29 is 25.2 Å². The highest BCUT2D eigenvalue weighted by Crippen LogP contribution is 2.21. The van der Waals surface area contributed by atoms with Gasteiger partial charge in [0.05, 0.1) is 25.4 Å². The molecule has 0 aliphatic carbocycles. The maximum atomic E-state index is 10.0. The lowest BCUT2D eigenvalue weighted by molar-refractivity contribution is -0.145. The Bertz CT molecular complexity index is 780. The predicted molar refractivity (Wildman–Crippen MR) is 121 cm³/mol. The van der Waals surface area contributed by atoms with Crippen molar-refractivity contribution in [3.8, 4) is 11.1 Å². The lowest BCUT2D eigenvalue weighted by atomic mass is 9.94. The number of piperidine rings is 1. The fourth-order valence-electron chi connectivity index (χ4n) is 4.06. The summed E-state index contributed by atoms with van der Waals surface area (Å²) < 4.78 is 5.80. The Labute approximate surface area is 184 Å². The van der Waals surface area contributed by atoms with Crippen LogP contribution in [0.15, 0.2) is 48.5 Å². The zero-order valence-corrected chi connectivity index (χ0v) is 18.2. The lowest BCUT2D eigenvalue weighted by Gasteiger charge is -2.43. The minimum absolute atomic E-state index is 0.239. The molecule has 1 fully saturated rings. The van der Waals surface area contributed by atoms with E-state index in [2.05, 4.69) is 55.5 Å². The Morgan fingerprint density at radius 2 is 1.52 bits per heavy atom. The molecule has 170 valence electrons. The number of aryl methyl sites for hydroxylation is 1. The molecule has 0 bridgehead atoms. The number of hydrogen-bond donors (Lipinski definition) is 4. The van der Waals surface area contributed by atoms with Crippen molar-refractivity contribution in [2.75, 3.05) is 26.3 Å². The van der Waals surface area contributed by atoms with Gasteiger partial charge in [-0.05, 0) is 49.4 Å². The van der Waals surface area contributed by atoms with Crippen LogP contribution in [0.25, 0.3) is 11.1 Å². The smallest absolute Gasteiger partial charge is 0.109 e. The maximum absolute atomic E-state index is 10.0. The van der Waals surface area contributed by atoms with Crippen molar-refractivity contribution in [1.82, 2.24) is 4.90 Å². The molecule has 0 spiro atoms. The summed E-state index contributed by atoms with van der Waals surface area (Å²) in [5.74, 6) is 0. The molecular formula is C25H35NO5. The Hall–Kier alpha value is -1.80. The van der Waals surface area contributed by atoms with Gasteiger partial charge in [0, 0.05) is 13.2 Å².